The van der Waals surface area contributed by atoms with E-state index >= 15 is 0 Å². The zero-order valence-corrected chi connectivity index (χ0v) is 16.0. The molecule has 0 fully saturated rings. The van der Waals surface area contributed by atoms with Gasteiger partial charge in [0.1, 0.15) is 5.82 Å². The lowest BCUT2D eigenvalue weighted by molar-refractivity contribution is -0.120. The van der Waals surface area contributed by atoms with Gasteiger partial charge >= 0.3 is 0 Å². The molecular weight excluding hydrogens is 377 g/mol. The first-order valence-electron chi connectivity index (χ1n) is 8.90. The summed E-state index contributed by atoms with van der Waals surface area (Å²) >= 11 is 1.63. The molecule has 7 heteroatoms. The molecule has 0 radical (unpaired) electrons. The Balaban J connectivity index is 1.48. The van der Waals surface area contributed by atoms with Crippen LogP contribution >= 0.6 is 11.8 Å². The Morgan fingerprint density at radius 1 is 1.04 bits per heavy atom. The van der Waals surface area contributed by atoms with Gasteiger partial charge in [-0.25, -0.2) is 9.07 Å². The minimum Gasteiger partial charge on any atom is -0.354 e. The van der Waals surface area contributed by atoms with Crippen LogP contribution in [0.5, 0.6) is 0 Å². The maximum absolute atomic E-state index is 13.1. The number of hydrogen-bond donors (Lipinski definition) is 1. The third kappa shape index (κ3) is 5.79. The molecule has 0 aliphatic rings. The molecule has 1 N–H and O–H groups in total. The molecule has 0 spiro atoms. The molecule has 0 aliphatic carbocycles. The summed E-state index contributed by atoms with van der Waals surface area (Å²) < 4.78 is 14.4. The molecular formula is C21H20FN3O2S. The van der Waals surface area contributed by atoms with Crippen LogP contribution in [0.1, 0.15) is 6.42 Å². The lowest BCUT2D eigenvalue weighted by Crippen LogP contribution is -2.32. The van der Waals surface area contributed by atoms with Gasteiger partial charge in [0.25, 0.3) is 5.56 Å². The number of nitrogens with one attached hydrogen (secondary N) is 1. The average Bonchev–Trinajstić information content (AvgIpc) is 2.71. The lowest BCUT2D eigenvalue weighted by atomic mass is 10.1. The molecule has 0 unspecified atom stereocenters. The molecule has 0 aliphatic heterocycles. The van der Waals surface area contributed by atoms with Crippen molar-refractivity contribution < 1.29 is 9.18 Å². The van der Waals surface area contributed by atoms with Gasteiger partial charge in [-0.1, -0.05) is 18.2 Å². The SMILES string of the molecule is O=C(CCSc1ccccc1)NCCn1nc(-c2ccc(F)cc2)ccc1=O. The fraction of sp³-hybridized carbons (Fsp3) is 0.190. The number of carbonyl (C=O) groups excluding carboxylic acids is 1. The van der Waals surface area contributed by atoms with Gasteiger partial charge < -0.3 is 5.32 Å². The van der Waals surface area contributed by atoms with Crippen LogP contribution in [0.25, 0.3) is 11.3 Å². The molecule has 0 saturated heterocycles. The molecule has 2 aromatic carbocycles. The number of carbonyl (C=O) groups is 1. The predicted octanol–water partition coefficient (Wildman–Crippen LogP) is 3.35. The van der Waals surface area contributed by atoms with Crippen LogP contribution in [0.15, 0.2) is 76.4 Å². The number of halogens is 1. The zero-order chi connectivity index (χ0) is 19.8. The van der Waals surface area contributed by atoms with Gasteiger partial charge in [0.15, 0.2) is 0 Å². The van der Waals surface area contributed by atoms with Gasteiger partial charge in [-0.2, -0.15) is 5.10 Å². The number of rotatable bonds is 8. The van der Waals surface area contributed by atoms with Crippen LogP contribution in [-0.4, -0.2) is 28.0 Å². The van der Waals surface area contributed by atoms with Crippen LogP contribution in [0.4, 0.5) is 4.39 Å². The van der Waals surface area contributed by atoms with E-state index in [0.29, 0.717) is 24.4 Å². The quantitative estimate of drug-likeness (QED) is 0.592. The number of nitrogens with zero attached hydrogens (tertiary/aromatic N) is 2. The fourth-order valence-electron chi connectivity index (χ4n) is 2.55. The zero-order valence-electron chi connectivity index (χ0n) is 15.2. The largest absolute Gasteiger partial charge is 0.354 e. The Hall–Kier alpha value is -2.93. The minimum absolute atomic E-state index is 0.0637. The maximum atomic E-state index is 13.1. The third-order valence-electron chi connectivity index (χ3n) is 3.99. The van der Waals surface area contributed by atoms with Gasteiger partial charge in [-0.3, -0.25) is 9.59 Å². The van der Waals surface area contributed by atoms with Crippen molar-refractivity contribution in [3.8, 4) is 11.3 Å². The van der Waals surface area contributed by atoms with Crippen molar-refractivity contribution in [1.82, 2.24) is 15.1 Å². The Morgan fingerprint density at radius 3 is 2.54 bits per heavy atom. The highest BCUT2D eigenvalue weighted by Gasteiger charge is 2.06. The molecule has 0 bridgehead atoms. The number of hydrogen-bond acceptors (Lipinski definition) is 4. The molecule has 1 aromatic heterocycles. The molecule has 28 heavy (non-hydrogen) atoms. The normalized spacial score (nSPS) is 10.6. The highest BCUT2D eigenvalue weighted by molar-refractivity contribution is 7.99. The second-order valence-corrected chi connectivity index (χ2v) is 7.22. The molecule has 3 aromatic rings. The fourth-order valence-corrected chi connectivity index (χ4v) is 3.42. The van der Waals surface area contributed by atoms with Gasteiger partial charge in [0, 0.05) is 35.2 Å². The summed E-state index contributed by atoms with van der Waals surface area (Å²) in [4.78, 5) is 25.1. The van der Waals surface area contributed by atoms with Crippen molar-refractivity contribution in [3.05, 3.63) is 82.9 Å². The highest BCUT2D eigenvalue weighted by Crippen LogP contribution is 2.17. The standard InChI is InChI=1S/C21H20FN3O2S/c22-17-8-6-16(7-9-17)19-10-11-21(27)25(24-19)14-13-23-20(26)12-15-28-18-4-2-1-3-5-18/h1-11H,12-15H2,(H,23,26). The molecule has 0 saturated carbocycles. The van der Waals surface area contributed by atoms with Crippen molar-refractivity contribution >= 4 is 17.7 Å². The van der Waals surface area contributed by atoms with E-state index in [1.54, 1.807) is 30.0 Å². The van der Waals surface area contributed by atoms with Crippen molar-refractivity contribution in [1.29, 1.82) is 0 Å². The minimum atomic E-state index is -0.329. The summed E-state index contributed by atoms with van der Waals surface area (Å²) in [7, 11) is 0. The Morgan fingerprint density at radius 2 is 1.79 bits per heavy atom. The molecule has 144 valence electrons. The van der Waals surface area contributed by atoms with Crippen LogP contribution < -0.4 is 10.9 Å². The molecule has 0 atom stereocenters. The molecule has 1 heterocycles. The van der Waals surface area contributed by atoms with E-state index in [2.05, 4.69) is 10.4 Å². The monoisotopic (exact) mass is 397 g/mol. The molecule has 1 amide bonds. The van der Waals surface area contributed by atoms with Crippen molar-refractivity contribution in [3.63, 3.8) is 0 Å². The Kier molecular flexibility index (Phi) is 6.97. The van der Waals surface area contributed by atoms with Crippen LogP contribution in [0, 0.1) is 5.82 Å². The van der Waals surface area contributed by atoms with Crippen molar-refractivity contribution in [2.24, 2.45) is 0 Å². The van der Waals surface area contributed by atoms with Gasteiger partial charge in [0.2, 0.25) is 5.91 Å². The van der Waals surface area contributed by atoms with E-state index in [1.165, 1.54) is 22.9 Å². The second kappa shape index (κ2) is 9.85. The van der Waals surface area contributed by atoms with E-state index in [-0.39, 0.29) is 23.8 Å². The molecule has 5 nitrogen and oxygen atoms in total. The van der Waals surface area contributed by atoms with E-state index in [1.807, 2.05) is 30.3 Å². The topological polar surface area (TPSA) is 64.0 Å². The van der Waals surface area contributed by atoms with E-state index < -0.39 is 0 Å². The number of amides is 1. The van der Waals surface area contributed by atoms with Crippen LogP contribution in [-0.2, 0) is 11.3 Å². The van der Waals surface area contributed by atoms with Gasteiger partial charge in [-0.05, 0) is 42.5 Å². The number of thioether (sulfide) groups is 1. The van der Waals surface area contributed by atoms with E-state index in [4.69, 9.17) is 0 Å². The second-order valence-electron chi connectivity index (χ2n) is 6.05. The number of aromatic nitrogens is 2. The summed E-state index contributed by atoms with van der Waals surface area (Å²) in [5, 5.41) is 7.11. The van der Waals surface area contributed by atoms with Gasteiger partial charge in [-0.15, -0.1) is 11.8 Å². The predicted molar refractivity (Wildman–Crippen MR) is 109 cm³/mol. The lowest BCUT2D eigenvalue weighted by Gasteiger charge is -2.09. The summed E-state index contributed by atoms with van der Waals surface area (Å²) in [6.07, 6.45) is 0.400. The summed E-state index contributed by atoms with van der Waals surface area (Å²) in [5.74, 6) is 0.296. The third-order valence-corrected chi connectivity index (χ3v) is 5.01. The summed E-state index contributed by atoms with van der Waals surface area (Å²) in [5.41, 5.74) is 1.04. The average molecular weight is 397 g/mol. The summed E-state index contributed by atoms with van der Waals surface area (Å²) in [6.45, 7) is 0.583. The smallest absolute Gasteiger partial charge is 0.266 e. The maximum Gasteiger partial charge on any atom is 0.266 e. The first-order valence-corrected chi connectivity index (χ1v) is 9.89. The van der Waals surface area contributed by atoms with Gasteiger partial charge in [0.05, 0.1) is 12.2 Å². The van der Waals surface area contributed by atoms with Crippen LogP contribution in [0.3, 0.4) is 0 Å². The Labute approximate surface area is 166 Å². The van der Waals surface area contributed by atoms with Crippen LogP contribution in [0.2, 0.25) is 0 Å². The van der Waals surface area contributed by atoms with Crippen molar-refractivity contribution in [2.75, 3.05) is 12.3 Å². The van der Waals surface area contributed by atoms with E-state index in [0.717, 1.165) is 10.5 Å². The first-order chi connectivity index (χ1) is 13.6. The molecule has 3 rings (SSSR count). The number of benzene rings is 2. The van der Waals surface area contributed by atoms with Crippen molar-refractivity contribution in [2.45, 2.75) is 17.9 Å². The highest BCUT2D eigenvalue weighted by atomic mass is 32.2. The Bertz CT molecular complexity index is 975. The van der Waals surface area contributed by atoms with E-state index in [9.17, 15) is 14.0 Å². The summed E-state index contributed by atoms with van der Waals surface area (Å²) in [6, 6.07) is 18.8. The first kappa shape index (κ1) is 19.8.